The first-order chi connectivity index (χ1) is 18.9. The molecule has 0 spiro atoms. The van der Waals surface area contributed by atoms with Gasteiger partial charge in [0.15, 0.2) is 0 Å². The molecule has 1 saturated heterocycles. The van der Waals surface area contributed by atoms with Crippen LogP contribution in [0.5, 0.6) is 17.2 Å². The van der Waals surface area contributed by atoms with Gasteiger partial charge in [0.25, 0.3) is 0 Å². The number of carbonyl (C=O) groups is 1. The van der Waals surface area contributed by atoms with Crippen LogP contribution in [-0.2, 0) is 0 Å². The number of fused-ring (bicyclic) bond motifs is 1. The van der Waals surface area contributed by atoms with Crippen molar-refractivity contribution in [1.82, 2.24) is 15.2 Å². The number of anilines is 1. The molecule has 3 aromatic rings. The van der Waals surface area contributed by atoms with Crippen LogP contribution in [0.4, 0.5) is 16.2 Å². The van der Waals surface area contributed by atoms with Crippen LogP contribution in [0.2, 0.25) is 0 Å². The molecule has 1 aromatic heterocycles. The summed E-state index contributed by atoms with van der Waals surface area (Å²) in [6.07, 6.45) is 6.65. The van der Waals surface area contributed by atoms with E-state index in [4.69, 9.17) is 16.0 Å². The number of likely N-dealkylation sites (tertiary alicyclic amines) is 1. The summed E-state index contributed by atoms with van der Waals surface area (Å²) < 4.78 is 12.2. The number of aromatic nitrogens is 1. The molecule has 204 valence electrons. The maximum atomic E-state index is 12.2. The van der Waals surface area contributed by atoms with Crippen LogP contribution >= 0.6 is 0 Å². The highest BCUT2D eigenvalue weighted by Gasteiger charge is 2.23. The summed E-state index contributed by atoms with van der Waals surface area (Å²) in [6, 6.07) is 8.97. The number of rotatable bonds is 9. The van der Waals surface area contributed by atoms with E-state index in [0.29, 0.717) is 40.4 Å². The van der Waals surface area contributed by atoms with Gasteiger partial charge in [0, 0.05) is 29.9 Å². The van der Waals surface area contributed by atoms with Crippen molar-refractivity contribution in [2.45, 2.75) is 58.1 Å². The Hall–Kier alpha value is -3.87. The number of amides is 2. The summed E-state index contributed by atoms with van der Waals surface area (Å²) in [6.45, 7) is 14.3. The Morgan fingerprint density at radius 1 is 1.13 bits per heavy atom. The number of benzene rings is 2. The Bertz CT molecular complexity index is 1390. The van der Waals surface area contributed by atoms with E-state index < -0.39 is 6.10 Å². The fourth-order valence-corrected chi connectivity index (χ4v) is 4.84. The number of hydrogen-bond donors (Lipinski definition) is 3. The van der Waals surface area contributed by atoms with Gasteiger partial charge < -0.3 is 30.1 Å². The van der Waals surface area contributed by atoms with E-state index in [0.717, 1.165) is 55.6 Å². The first-order valence-electron chi connectivity index (χ1n) is 13.6. The zero-order valence-electron chi connectivity index (χ0n) is 22.5. The van der Waals surface area contributed by atoms with Gasteiger partial charge in [-0.25, -0.2) is 9.64 Å². The molecule has 0 unspecified atom stereocenters. The molecule has 2 aromatic carbocycles. The molecule has 5 rings (SSSR count). The van der Waals surface area contributed by atoms with Crippen molar-refractivity contribution in [1.29, 1.82) is 0 Å². The number of urea groups is 1. The number of piperidine rings is 1. The van der Waals surface area contributed by atoms with Crippen molar-refractivity contribution in [3.63, 3.8) is 0 Å². The number of ether oxygens (including phenoxy) is 2. The van der Waals surface area contributed by atoms with E-state index in [-0.39, 0.29) is 18.7 Å². The van der Waals surface area contributed by atoms with E-state index in [1.54, 1.807) is 24.4 Å². The second-order valence-electron chi connectivity index (χ2n) is 10.4. The van der Waals surface area contributed by atoms with Crippen LogP contribution in [0.1, 0.15) is 43.2 Å². The number of nitrogens with zero attached hydrogens (tertiary/aromatic N) is 3. The van der Waals surface area contributed by atoms with Gasteiger partial charge in [-0.15, -0.1) is 0 Å². The van der Waals surface area contributed by atoms with Crippen molar-refractivity contribution in [2.75, 3.05) is 31.6 Å². The number of aliphatic hydroxyl groups is 1. The Kier molecular flexibility index (Phi) is 8.15. The molecule has 39 heavy (non-hydrogen) atoms. The topological polar surface area (TPSA) is 100 Å². The normalized spacial score (nSPS) is 16.4. The minimum atomic E-state index is -0.636. The number of aliphatic hydroxyl groups excluding tert-OH is 1. The molecule has 0 bridgehead atoms. The average molecular weight is 530 g/mol. The predicted octanol–water partition coefficient (Wildman–Crippen LogP) is 5.70. The summed E-state index contributed by atoms with van der Waals surface area (Å²) in [5.41, 5.74) is 3.51. The van der Waals surface area contributed by atoms with Gasteiger partial charge in [-0.1, -0.05) is 6.42 Å². The van der Waals surface area contributed by atoms with Gasteiger partial charge in [0.1, 0.15) is 30.0 Å². The summed E-state index contributed by atoms with van der Waals surface area (Å²) in [5, 5.41) is 17.0. The SMILES string of the molecule is [C-]#[N+]c1cc2c(Oc3ccc(NC(=O)NC4CC4)c(C)c3C)ccnc2cc1OC[C@H](O)CN1CCCCC1. The lowest BCUT2D eigenvalue weighted by Gasteiger charge is -2.28. The second kappa shape index (κ2) is 11.9. The monoisotopic (exact) mass is 529 g/mol. The number of pyridine rings is 1. The number of β-amino-alcohol motifs (C(OH)–C–C–N with tert-alkyl or cyclic N) is 1. The lowest BCUT2D eigenvalue weighted by Crippen LogP contribution is -2.38. The molecular weight excluding hydrogens is 494 g/mol. The first kappa shape index (κ1) is 26.7. The molecule has 2 fully saturated rings. The lowest BCUT2D eigenvalue weighted by atomic mass is 10.1. The minimum absolute atomic E-state index is 0.109. The predicted molar refractivity (Wildman–Crippen MR) is 151 cm³/mol. The molecule has 9 heteroatoms. The molecule has 2 amide bonds. The molecular formula is C30H35N5O4. The number of carbonyl (C=O) groups excluding carboxylic acids is 1. The fraction of sp³-hybridized carbons (Fsp3) is 0.433. The van der Waals surface area contributed by atoms with Crippen molar-refractivity contribution >= 4 is 28.3 Å². The molecule has 0 radical (unpaired) electrons. The summed E-state index contributed by atoms with van der Waals surface area (Å²) >= 11 is 0. The molecule has 2 aliphatic rings. The zero-order valence-corrected chi connectivity index (χ0v) is 22.5. The minimum Gasteiger partial charge on any atom is -0.502 e. The quantitative estimate of drug-likeness (QED) is 0.307. The van der Waals surface area contributed by atoms with Crippen LogP contribution in [0.25, 0.3) is 15.7 Å². The van der Waals surface area contributed by atoms with E-state index in [2.05, 4.69) is 25.4 Å². The van der Waals surface area contributed by atoms with Crippen LogP contribution in [0.3, 0.4) is 0 Å². The van der Waals surface area contributed by atoms with Gasteiger partial charge in [0.2, 0.25) is 5.69 Å². The number of nitrogens with one attached hydrogen (secondary N) is 2. The summed E-state index contributed by atoms with van der Waals surface area (Å²) in [7, 11) is 0. The third-order valence-electron chi connectivity index (χ3n) is 7.37. The molecule has 1 atom stereocenters. The average Bonchev–Trinajstić information content (AvgIpc) is 3.75. The largest absolute Gasteiger partial charge is 0.502 e. The first-order valence-corrected chi connectivity index (χ1v) is 13.6. The highest BCUT2D eigenvalue weighted by atomic mass is 16.5. The van der Waals surface area contributed by atoms with Gasteiger partial charge in [-0.2, -0.15) is 0 Å². The Labute approximate surface area is 228 Å². The van der Waals surface area contributed by atoms with E-state index in [1.165, 1.54) is 6.42 Å². The standard InChI is InChI=1S/C30H35N5O4/c1-19-20(2)27(10-9-24(19)34-30(37)33-21-7-8-21)39-28-11-12-32-25-16-29(26(31-3)15-23(25)28)38-18-22(36)17-35-13-5-4-6-14-35/h9-12,15-16,21-22,36H,4-8,13-14,17-18H2,1-2H3,(H2,33,34,37)/t22-/m1/s1. The Morgan fingerprint density at radius 3 is 2.67 bits per heavy atom. The van der Waals surface area contributed by atoms with Crippen molar-refractivity contribution in [3.05, 3.63) is 59.1 Å². The Balaban J connectivity index is 1.31. The Morgan fingerprint density at radius 2 is 1.92 bits per heavy atom. The smallest absolute Gasteiger partial charge is 0.319 e. The van der Waals surface area contributed by atoms with Gasteiger partial charge in [0.05, 0.1) is 12.1 Å². The fourth-order valence-electron chi connectivity index (χ4n) is 4.84. The molecule has 1 saturated carbocycles. The zero-order chi connectivity index (χ0) is 27.4. The highest BCUT2D eigenvalue weighted by molar-refractivity contribution is 5.92. The molecule has 3 N–H and O–H groups in total. The molecule has 1 aliphatic carbocycles. The van der Waals surface area contributed by atoms with E-state index >= 15 is 0 Å². The van der Waals surface area contributed by atoms with Crippen LogP contribution in [0, 0.1) is 20.4 Å². The molecule has 9 nitrogen and oxygen atoms in total. The maximum absolute atomic E-state index is 12.2. The highest BCUT2D eigenvalue weighted by Crippen LogP contribution is 2.39. The van der Waals surface area contributed by atoms with Crippen molar-refractivity contribution in [3.8, 4) is 17.2 Å². The lowest BCUT2D eigenvalue weighted by molar-refractivity contribution is 0.0620. The van der Waals surface area contributed by atoms with Gasteiger partial charge in [-0.05, 0) is 94.1 Å². The van der Waals surface area contributed by atoms with Crippen molar-refractivity contribution in [2.24, 2.45) is 0 Å². The van der Waals surface area contributed by atoms with Crippen LogP contribution < -0.4 is 20.1 Å². The maximum Gasteiger partial charge on any atom is 0.319 e. The van der Waals surface area contributed by atoms with Crippen molar-refractivity contribution < 1.29 is 19.4 Å². The molecule has 1 aliphatic heterocycles. The van der Waals surface area contributed by atoms with Gasteiger partial charge in [-0.3, -0.25) is 4.98 Å². The third kappa shape index (κ3) is 6.59. The van der Waals surface area contributed by atoms with Crippen LogP contribution in [-0.4, -0.2) is 59.4 Å². The molecule has 2 heterocycles. The summed E-state index contributed by atoms with van der Waals surface area (Å²) in [5.74, 6) is 1.61. The second-order valence-corrected chi connectivity index (χ2v) is 10.4. The third-order valence-corrected chi connectivity index (χ3v) is 7.37. The van der Waals surface area contributed by atoms with Crippen LogP contribution in [0.15, 0.2) is 36.5 Å². The van der Waals surface area contributed by atoms with E-state index in [1.807, 2.05) is 26.0 Å². The number of hydrogen-bond acceptors (Lipinski definition) is 6. The summed E-state index contributed by atoms with van der Waals surface area (Å²) in [4.78, 5) is 22.6. The van der Waals surface area contributed by atoms with E-state index in [9.17, 15) is 9.90 Å². The van der Waals surface area contributed by atoms with Gasteiger partial charge >= 0.3 is 6.03 Å².